The Morgan fingerprint density at radius 2 is 1.54 bits per heavy atom. The van der Waals surface area contributed by atoms with Crippen LogP contribution in [0.4, 0.5) is 0 Å². The van der Waals surface area contributed by atoms with Crippen molar-refractivity contribution in [3.05, 3.63) is 71.8 Å². The van der Waals surface area contributed by atoms with Crippen LogP contribution < -0.4 is 11.1 Å². The van der Waals surface area contributed by atoms with Crippen LogP contribution in [0, 0.1) is 0 Å². The average Bonchev–Trinajstić information content (AvgIpc) is 2.61. The molecule has 2 atom stereocenters. The summed E-state index contributed by atoms with van der Waals surface area (Å²) >= 11 is 1.20. The monoisotopic (exact) mass is 342 g/mol. The minimum Gasteiger partial charge on any atom is -0.344 e. The molecule has 1 amide bonds. The van der Waals surface area contributed by atoms with Gasteiger partial charge in [0.15, 0.2) is 0 Å². The second-order valence-electron chi connectivity index (χ2n) is 5.62. The van der Waals surface area contributed by atoms with Crippen LogP contribution in [-0.4, -0.2) is 23.1 Å². The molecule has 0 aliphatic carbocycles. The minimum absolute atomic E-state index is 0.0703. The van der Waals surface area contributed by atoms with Crippen molar-refractivity contribution in [2.75, 3.05) is 0 Å². The number of thioether (sulfide) groups is 1. The molecule has 5 heteroatoms. The smallest absolute Gasteiger partial charge is 0.237 e. The summed E-state index contributed by atoms with van der Waals surface area (Å²) in [5.41, 5.74) is 8.01. The van der Waals surface area contributed by atoms with E-state index in [-0.39, 0.29) is 11.0 Å². The van der Waals surface area contributed by atoms with Crippen molar-refractivity contribution in [1.82, 2.24) is 5.32 Å². The number of amides is 1. The number of rotatable bonds is 7. The van der Waals surface area contributed by atoms with Crippen molar-refractivity contribution in [3.63, 3.8) is 0 Å². The van der Waals surface area contributed by atoms with Gasteiger partial charge in [0, 0.05) is 5.75 Å². The summed E-state index contributed by atoms with van der Waals surface area (Å²) in [5.74, 6) is 0.288. The number of carbonyl (C=O) groups excluding carboxylic acids is 2. The van der Waals surface area contributed by atoms with Crippen molar-refractivity contribution >= 4 is 22.8 Å². The summed E-state index contributed by atoms with van der Waals surface area (Å²) in [7, 11) is 0. The van der Waals surface area contributed by atoms with Gasteiger partial charge in [-0.25, -0.2) is 0 Å². The molecular weight excluding hydrogens is 320 g/mol. The molecule has 0 bridgehead atoms. The Hall–Kier alpha value is -2.11. The molecule has 2 aromatic carbocycles. The Balaban J connectivity index is 1.78. The molecule has 0 aliphatic heterocycles. The van der Waals surface area contributed by atoms with Gasteiger partial charge in [-0.3, -0.25) is 9.59 Å². The summed E-state index contributed by atoms with van der Waals surface area (Å²) in [6, 6.07) is 18.1. The highest BCUT2D eigenvalue weighted by Crippen LogP contribution is 2.14. The first kappa shape index (κ1) is 18.2. The van der Waals surface area contributed by atoms with Gasteiger partial charge in [0.1, 0.15) is 0 Å². The number of benzene rings is 2. The second-order valence-corrected chi connectivity index (χ2v) is 6.60. The van der Waals surface area contributed by atoms with Gasteiger partial charge in [-0.1, -0.05) is 72.4 Å². The van der Waals surface area contributed by atoms with Crippen molar-refractivity contribution in [1.29, 1.82) is 0 Å². The molecular formula is C19H22N2O2S. The van der Waals surface area contributed by atoms with E-state index < -0.39 is 12.1 Å². The lowest BCUT2D eigenvalue weighted by Crippen LogP contribution is -2.47. The molecule has 0 radical (unpaired) electrons. The van der Waals surface area contributed by atoms with E-state index in [0.29, 0.717) is 12.2 Å². The molecule has 0 spiro atoms. The molecule has 4 nitrogen and oxygen atoms in total. The van der Waals surface area contributed by atoms with E-state index >= 15 is 0 Å². The van der Waals surface area contributed by atoms with Gasteiger partial charge < -0.3 is 11.1 Å². The van der Waals surface area contributed by atoms with Gasteiger partial charge in [0.2, 0.25) is 11.0 Å². The van der Waals surface area contributed by atoms with Crippen molar-refractivity contribution in [3.8, 4) is 0 Å². The molecule has 2 aromatic rings. The van der Waals surface area contributed by atoms with Gasteiger partial charge >= 0.3 is 0 Å². The zero-order valence-corrected chi connectivity index (χ0v) is 14.5. The van der Waals surface area contributed by atoms with Crippen LogP contribution in [-0.2, 0) is 21.8 Å². The molecule has 0 saturated heterocycles. The van der Waals surface area contributed by atoms with Crippen molar-refractivity contribution < 1.29 is 9.59 Å². The fraction of sp³-hybridized carbons (Fsp3) is 0.263. The van der Waals surface area contributed by atoms with Crippen LogP contribution in [0.1, 0.15) is 18.1 Å². The fourth-order valence-corrected chi connectivity index (χ4v) is 3.00. The molecule has 0 fully saturated rings. The molecule has 3 N–H and O–H groups in total. The number of hydrogen-bond donors (Lipinski definition) is 2. The molecule has 0 aromatic heterocycles. The van der Waals surface area contributed by atoms with Crippen LogP contribution in [0.2, 0.25) is 0 Å². The third kappa shape index (κ3) is 5.83. The summed E-state index contributed by atoms with van der Waals surface area (Å²) in [4.78, 5) is 24.3. The molecule has 0 heterocycles. The van der Waals surface area contributed by atoms with Crippen LogP contribution in [0.15, 0.2) is 60.7 Å². The highest BCUT2D eigenvalue weighted by Gasteiger charge is 2.20. The van der Waals surface area contributed by atoms with Crippen LogP contribution >= 0.6 is 11.8 Å². The van der Waals surface area contributed by atoms with E-state index in [1.807, 2.05) is 60.7 Å². The topological polar surface area (TPSA) is 72.2 Å². The van der Waals surface area contributed by atoms with Gasteiger partial charge in [-0.15, -0.1) is 0 Å². The summed E-state index contributed by atoms with van der Waals surface area (Å²) in [6.07, 6.45) is 0.449. The summed E-state index contributed by atoms with van der Waals surface area (Å²) in [5, 5.41) is 2.63. The number of hydrogen-bond acceptors (Lipinski definition) is 4. The maximum Gasteiger partial charge on any atom is 0.237 e. The highest BCUT2D eigenvalue weighted by molar-refractivity contribution is 8.13. The first-order valence-corrected chi connectivity index (χ1v) is 8.85. The molecule has 0 aliphatic rings. The SMILES string of the molecule is C[C@H](NC(=O)[C@@H](N)Cc1ccccc1)C(=O)SCc1ccccc1. The van der Waals surface area contributed by atoms with E-state index in [1.165, 1.54) is 11.8 Å². The quantitative estimate of drug-likeness (QED) is 0.811. The maximum absolute atomic E-state index is 12.1. The van der Waals surface area contributed by atoms with Crippen molar-refractivity contribution in [2.45, 2.75) is 31.2 Å². The second kappa shape index (κ2) is 9.25. The number of nitrogens with two attached hydrogens (primary N) is 1. The van der Waals surface area contributed by atoms with E-state index in [0.717, 1.165) is 11.1 Å². The van der Waals surface area contributed by atoms with Gasteiger partial charge in [-0.05, 0) is 24.5 Å². The predicted octanol–water partition coefficient (Wildman–Crippen LogP) is 2.52. The standard InChI is InChI=1S/C19H22N2O2S/c1-14(19(23)24-13-16-10-6-3-7-11-16)21-18(22)17(20)12-15-8-4-2-5-9-15/h2-11,14,17H,12-13,20H2,1H3,(H,21,22)/t14-,17-/m0/s1. The van der Waals surface area contributed by atoms with Gasteiger partial charge in [0.25, 0.3) is 0 Å². The van der Waals surface area contributed by atoms with E-state index in [4.69, 9.17) is 5.73 Å². The fourth-order valence-electron chi connectivity index (χ4n) is 2.19. The van der Waals surface area contributed by atoms with Crippen LogP contribution in [0.3, 0.4) is 0 Å². The molecule has 24 heavy (non-hydrogen) atoms. The lowest BCUT2D eigenvalue weighted by atomic mass is 10.1. The normalized spacial score (nSPS) is 13.1. The predicted molar refractivity (Wildman–Crippen MR) is 98.5 cm³/mol. The van der Waals surface area contributed by atoms with Crippen LogP contribution in [0.25, 0.3) is 0 Å². The van der Waals surface area contributed by atoms with Crippen molar-refractivity contribution in [2.24, 2.45) is 5.73 Å². The maximum atomic E-state index is 12.1. The lowest BCUT2D eigenvalue weighted by Gasteiger charge is -2.16. The zero-order valence-electron chi connectivity index (χ0n) is 13.6. The Labute approximate surface area is 146 Å². The first-order valence-electron chi connectivity index (χ1n) is 7.86. The highest BCUT2D eigenvalue weighted by atomic mass is 32.2. The molecule has 0 saturated carbocycles. The molecule has 126 valence electrons. The Morgan fingerprint density at radius 1 is 1.00 bits per heavy atom. The third-order valence-electron chi connectivity index (χ3n) is 3.57. The van der Waals surface area contributed by atoms with E-state index in [2.05, 4.69) is 5.32 Å². The average molecular weight is 342 g/mol. The van der Waals surface area contributed by atoms with Gasteiger partial charge in [-0.2, -0.15) is 0 Å². The summed E-state index contributed by atoms with van der Waals surface area (Å²) < 4.78 is 0. The molecule has 2 rings (SSSR count). The molecule has 0 unspecified atom stereocenters. The number of carbonyl (C=O) groups is 2. The van der Waals surface area contributed by atoms with Gasteiger partial charge in [0.05, 0.1) is 12.1 Å². The number of nitrogens with one attached hydrogen (secondary N) is 1. The third-order valence-corrected chi connectivity index (χ3v) is 4.69. The Morgan fingerprint density at radius 3 is 2.12 bits per heavy atom. The lowest BCUT2D eigenvalue weighted by molar-refractivity contribution is -0.125. The first-order chi connectivity index (χ1) is 11.6. The van der Waals surface area contributed by atoms with E-state index in [1.54, 1.807) is 6.92 Å². The largest absolute Gasteiger partial charge is 0.344 e. The minimum atomic E-state index is -0.665. The van der Waals surface area contributed by atoms with Crippen LogP contribution in [0.5, 0.6) is 0 Å². The van der Waals surface area contributed by atoms with E-state index in [9.17, 15) is 9.59 Å². The Kier molecular flexibility index (Phi) is 7.03. The Bertz CT molecular complexity index is 662. The zero-order chi connectivity index (χ0) is 17.4. The summed E-state index contributed by atoms with van der Waals surface area (Å²) in [6.45, 7) is 1.69.